The van der Waals surface area contributed by atoms with E-state index in [1.807, 2.05) is 26.0 Å². The van der Waals surface area contributed by atoms with E-state index in [9.17, 15) is 8.78 Å². The Morgan fingerprint density at radius 1 is 1.05 bits per heavy atom. The van der Waals surface area contributed by atoms with Crippen molar-refractivity contribution in [1.29, 1.82) is 0 Å². The van der Waals surface area contributed by atoms with E-state index in [4.69, 9.17) is 0 Å². The lowest BCUT2D eigenvalue weighted by atomic mass is 10.1. The molecule has 0 saturated carbocycles. The van der Waals surface area contributed by atoms with Crippen molar-refractivity contribution in [3.8, 4) is 11.4 Å². The number of hydrogen-bond acceptors (Lipinski definition) is 1. The molecule has 0 spiro atoms. The van der Waals surface area contributed by atoms with Gasteiger partial charge in [-0.25, -0.2) is 13.8 Å². The Balaban J connectivity index is 2.23. The molecule has 0 unspecified atom stereocenters. The number of imidazole rings is 1. The van der Waals surface area contributed by atoms with Crippen LogP contribution in [-0.2, 0) is 0 Å². The molecule has 1 heterocycles. The lowest BCUT2D eigenvalue weighted by molar-refractivity contribution is 0.510. The second kappa shape index (κ2) is 4.16. The fraction of sp³-hybridized carbons (Fsp3) is 0.133. The van der Waals surface area contributed by atoms with E-state index in [2.05, 4.69) is 9.97 Å². The minimum atomic E-state index is -0.880. The van der Waals surface area contributed by atoms with Crippen LogP contribution in [0.4, 0.5) is 8.78 Å². The van der Waals surface area contributed by atoms with Crippen molar-refractivity contribution in [2.75, 3.05) is 0 Å². The van der Waals surface area contributed by atoms with E-state index in [1.165, 1.54) is 12.1 Å². The SMILES string of the molecule is Cc1cc2nc(-c3cccc(F)c3F)[nH]c2cc1C. The Hall–Kier alpha value is -2.23. The first kappa shape index (κ1) is 11.8. The molecule has 0 atom stereocenters. The van der Waals surface area contributed by atoms with Gasteiger partial charge >= 0.3 is 0 Å². The van der Waals surface area contributed by atoms with Gasteiger partial charge in [0.15, 0.2) is 11.6 Å². The monoisotopic (exact) mass is 258 g/mol. The maximum Gasteiger partial charge on any atom is 0.169 e. The van der Waals surface area contributed by atoms with Crippen LogP contribution >= 0.6 is 0 Å². The van der Waals surface area contributed by atoms with Crippen LogP contribution in [0.5, 0.6) is 0 Å². The van der Waals surface area contributed by atoms with Crippen molar-refractivity contribution in [3.63, 3.8) is 0 Å². The summed E-state index contributed by atoms with van der Waals surface area (Å²) in [4.78, 5) is 7.35. The normalized spacial score (nSPS) is 11.2. The Morgan fingerprint density at radius 2 is 1.79 bits per heavy atom. The zero-order valence-corrected chi connectivity index (χ0v) is 10.6. The van der Waals surface area contributed by atoms with E-state index in [0.717, 1.165) is 28.2 Å². The molecule has 0 aliphatic rings. The minimum Gasteiger partial charge on any atom is -0.338 e. The molecule has 3 aromatic rings. The molecule has 1 N–H and O–H groups in total. The molecule has 0 aliphatic heterocycles. The van der Waals surface area contributed by atoms with E-state index in [-0.39, 0.29) is 5.56 Å². The molecule has 2 aromatic carbocycles. The van der Waals surface area contributed by atoms with Gasteiger partial charge in [0.25, 0.3) is 0 Å². The first-order chi connectivity index (χ1) is 9.06. The lowest BCUT2D eigenvalue weighted by Crippen LogP contribution is -1.90. The second-order valence-corrected chi connectivity index (χ2v) is 4.64. The molecule has 4 heteroatoms. The third-order valence-electron chi connectivity index (χ3n) is 3.30. The lowest BCUT2D eigenvalue weighted by Gasteiger charge is -1.99. The average molecular weight is 258 g/mol. The molecule has 0 amide bonds. The summed E-state index contributed by atoms with van der Waals surface area (Å²) in [5.74, 6) is -1.41. The molecule has 0 saturated heterocycles. The van der Waals surface area contributed by atoms with Crippen molar-refractivity contribution < 1.29 is 8.78 Å². The molecule has 3 rings (SSSR count). The Bertz CT molecular complexity index is 736. The van der Waals surface area contributed by atoms with Crippen LogP contribution in [0.3, 0.4) is 0 Å². The number of aromatic amines is 1. The van der Waals surface area contributed by atoms with Gasteiger partial charge in [0.1, 0.15) is 5.82 Å². The summed E-state index contributed by atoms with van der Waals surface area (Å²) in [7, 11) is 0. The highest BCUT2D eigenvalue weighted by atomic mass is 19.2. The number of hydrogen-bond donors (Lipinski definition) is 1. The largest absolute Gasteiger partial charge is 0.338 e. The Morgan fingerprint density at radius 3 is 2.58 bits per heavy atom. The molecule has 1 aromatic heterocycles. The van der Waals surface area contributed by atoms with E-state index >= 15 is 0 Å². The molecular formula is C15H12F2N2. The summed E-state index contributed by atoms with van der Waals surface area (Å²) in [6, 6.07) is 7.96. The van der Waals surface area contributed by atoms with Crippen LogP contribution in [0, 0.1) is 25.5 Å². The van der Waals surface area contributed by atoms with Gasteiger partial charge in [-0.05, 0) is 49.2 Å². The van der Waals surface area contributed by atoms with Crippen LogP contribution in [0.15, 0.2) is 30.3 Å². The predicted molar refractivity (Wildman–Crippen MR) is 70.9 cm³/mol. The number of fused-ring (bicyclic) bond motifs is 1. The van der Waals surface area contributed by atoms with Gasteiger partial charge in [-0.2, -0.15) is 0 Å². The van der Waals surface area contributed by atoms with Crippen molar-refractivity contribution >= 4 is 11.0 Å². The fourth-order valence-corrected chi connectivity index (χ4v) is 2.08. The highest BCUT2D eigenvalue weighted by molar-refractivity contribution is 5.81. The van der Waals surface area contributed by atoms with E-state index in [0.29, 0.717) is 5.82 Å². The fourth-order valence-electron chi connectivity index (χ4n) is 2.08. The van der Waals surface area contributed by atoms with Gasteiger partial charge in [-0.15, -0.1) is 0 Å². The van der Waals surface area contributed by atoms with Crippen LogP contribution in [0.25, 0.3) is 22.4 Å². The van der Waals surface area contributed by atoms with E-state index < -0.39 is 11.6 Å². The molecular weight excluding hydrogens is 246 g/mol. The summed E-state index contributed by atoms with van der Waals surface area (Å²) >= 11 is 0. The van der Waals surface area contributed by atoms with Gasteiger partial charge in [0.05, 0.1) is 16.6 Å². The van der Waals surface area contributed by atoms with Crippen molar-refractivity contribution in [1.82, 2.24) is 9.97 Å². The molecule has 0 bridgehead atoms. The van der Waals surface area contributed by atoms with Gasteiger partial charge in [-0.1, -0.05) is 6.07 Å². The van der Waals surface area contributed by atoms with Gasteiger partial charge in [0, 0.05) is 0 Å². The van der Waals surface area contributed by atoms with Crippen LogP contribution in [0.2, 0.25) is 0 Å². The number of nitrogens with one attached hydrogen (secondary N) is 1. The maximum atomic E-state index is 13.7. The van der Waals surface area contributed by atoms with Gasteiger partial charge in [0.2, 0.25) is 0 Å². The topological polar surface area (TPSA) is 28.7 Å². The van der Waals surface area contributed by atoms with Crippen LogP contribution in [0.1, 0.15) is 11.1 Å². The zero-order valence-electron chi connectivity index (χ0n) is 10.6. The Kier molecular flexibility index (Phi) is 2.59. The van der Waals surface area contributed by atoms with E-state index in [1.54, 1.807) is 0 Å². The van der Waals surface area contributed by atoms with Crippen LogP contribution < -0.4 is 0 Å². The molecule has 0 fully saturated rings. The van der Waals surface area contributed by atoms with Crippen molar-refractivity contribution in [2.45, 2.75) is 13.8 Å². The average Bonchev–Trinajstić information content (AvgIpc) is 2.76. The molecule has 19 heavy (non-hydrogen) atoms. The first-order valence-corrected chi connectivity index (χ1v) is 5.97. The summed E-state index contributed by atoms with van der Waals surface area (Å²) in [6.45, 7) is 3.99. The summed E-state index contributed by atoms with van der Waals surface area (Å²) in [5, 5.41) is 0. The number of halogens is 2. The summed E-state index contributed by atoms with van der Waals surface area (Å²) in [6.07, 6.45) is 0. The maximum absolute atomic E-state index is 13.7. The Labute approximate surface area is 109 Å². The molecule has 0 aliphatic carbocycles. The molecule has 0 radical (unpaired) electrons. The predicted octanol–water partition coefficient (Wildman–Crippen LogP) is 4.12. The minimum absolute atomic E-state index is 0.145. The smallest absolute Gasteiger partial charge is 0.169 e. The zero-order chi connectivity index (χ0) is 13.6. The number of rotatable bonds is 1. The highest BCUT2D eigenvalue weighted by Gasteiger charge is 2.13. The molecule has 2 nitrogen and oxygen atoms in total. The molecule has 96 valence electrons. The van der Waals surface area contributed by atoms with Crippen molar-refractivity contribution in [2.24, 2.45) is 0 Å². The summed E-state index contributed by atoms with van der Waals surface area (Å²) in [5.41, 5.74) is 3.96. The second-order valence-electron chi connectivity index (χ2n) is 4.64. The summed E-state index contributed by atoms with van der Waals surface area (Å²) < 4.78 is 27.0. The first-order valence-electron chi connectivity index (χ1n) is 5.97. The third kappa shape index (κ3) is 1.89. The van der Waals surface area contributed by atoms with Crippen LogP contribution in [-0.4, -0.2) is 9.97 Å². The number of benzene rings is 2. The quantitative estimate of drug-likeness (QED) is 0.698. The highest BCUT2D eigenvalue weighted by Crippen LogP contribution is 2.25. The number of aryl methyl sites for hydroxylation is 2. The number of H-pyrrole nitrogens is 1. The standard InChI is InChI=1S/C15H12F2N2/c1-8-6-12-13(7-9(8)2)19-15(18-12)10-4-3-5-11(16)14(10)17/h3-7H,1-2H3,(H,18,19). The number of nitrogens with zero attached hydrogens (tertiary/aromatic N) is 1. The van der Waals surface area contributed by atoms with Crippen molar-refractivity contribution in [3.05, 3.63) is 53.1 Å². The number of aromatic nitrogens is 2. The van der Waals surface area contributed by atoms with Gasteiger partial charge in [-0.3, -0.25) is 0 Å². The van der Waals surface area contributed by atoms with Gasteiger partial charge < -0.3 is 4.98 Å². The third-order valence-corrected chi connectivity index (χ3v) is 3.30.